The molecule has 2 N–H and O–H groups in total. The lowest BCUT2D eigenvalue weighted by molar-refractivity contribution is 0.247. The third-order valence-corrected chi connectivity index (χ3v) is 3.10. The van der Waals surface area contributed by atoms with E-state index in [4.69, 9.17) is 9.47 Å². The summed E-state index contributed by atoms with van der Waals surface area (Å²) in [5, 5.41) is 18.9. The molecule has 1 rings (SSSR count). The maximum atomic E-state index is 9.44. The van der Waals surface area contributed by atoms with E-state index in [2.05, 4.69) is 13.8 Å². The zero-order chi connectivity index (χ0) is 14.8. The van der Waals surface area contributed by atoms with Crippen molar-refractivity contribution in [3.05, 3.63) is 23.3 Å². The van der Waals surface area contributed by atoms with Crippen molar-refractivity contribution in [3.8, 4) is 11.5 Å². The van der Waals surface area contributed by atoms with Gasteiger partial charge in [-0.05, 0) is 25.0 Å². The van der Waals surface area contributed by atoms with Crippen LogP contribution in [-0.2, 0) is 13.2 Å². The highest BCUT2D eigenvalue weighted by atomic mass is 16.5. The van der Waals surface area contributed by atoms with E-state index in [1.54, 1.807) is 12.1 Å². The molecule has 0 saturated heterocycles. The molecule has 114 valence electrons. The number of benzene rings is 1. The zero-order valence-corrected chi connectivity index (χ0v) is 12.5. The summed E-state index contributed by atoms with van der Waals surface area (Å²) in [5.41, 5.74) is 1.40. The lowest BCUT2D eigenvalue weighted by Gasteiger charge is -2.16. The number of unbranched alkanes of at least 4 members (excludes halogenated alkanes) is 2. The third kappa shape index (κ3) is 5.02. The molecule has 20 heavy (non-hydrogen) atoms. The molecule has 0 unspecified atom stereocenters. The molecule has 0 heterocycles. The summed E-state index contributed by atoms with van der Waals surface area (Å²) in [6, 6.07) is 3.53. The highest BCUT2D eigenvalue weighted by Gasteiger charge is 2.11. The smallest absolute Gasteiger partial charge is 0.125 e. The Morgan fingerprint density at radius 3 is 1.50 bits per heavy atom. The Labute approximate surface area is 121 Å². The van der Waals surface area contributed by atoms with Gasteiger partial charge in [0.15, 0.2) is 0 Å². The van der Waals surface area contributed by atoms with Crippen LogP contribution in [0.1, 0.15) is 50.7 Å². The highest BCUT2D eigenvalue weighted by molar-refractivity contribution is 5.46. The Morgan fingerprint density at radius 2 is 1.20 bits per heavy atom. The van der Waals surface area contributed by atoms with Gasteiger partial charge in [-0.2, -0.15) is 0 Å². The van der Waals surface area contributed by atoms with Gasteiger partial charge >= 0.3 is 0 Å². The van der Waals surface area contributed by atoms with Crippen molar-refractivity contribution in [1.29, 1.82) is 0 Å². The molecule has 0 amide bonds. The molecular weight excluding hydrogens is 256 g/mol. The Kier molecular flexibility index (Phi) is 8.07. The molecule has 1 aromatic carbocycles. The first kappa shape index (κ1) is 16.8. The number of aliphatic hydroxyl groups excluding tert-OH is 2. The SMILES string of the molecule is CCCCOc1cc(CO)c(OCCCC)cc1CO. The van der Waals surface area contributed by atoms with Gasteiger partial charge in [0, 0.05) is 11.1 Å². The van der Waals surface area contributed by atoms with Crippen molar-refractivity contribution in [3.63, 3.8) is 0 Å². The van der Waals surface area contributed by atoms with Gasteiger partial charge in [0.05, 0.1) is 26.4 Å². The summed E-state index contributed by atoms with van der Waals surface area (Å²) in [6.45, 7) is 5.23. The molecule has 0 bridgehead atoms. The van der Waals surface area contributed by atoms with Gasteiger partial charge in [0.25, 0.3) is 0 Å². The average molecular weight is 282 g/mol. The van der Waals surface area contributed by atoms with Crippen molar-refractivity contribution in [2.24, 2.45) is 0 Å². The minimum absolute atomic E-state index is 0.0999. The molecule has 0 aliphatic carbocycles. The molecule has 0 atom stereocenters. The van der Waals surface area contributed by atoms with Crippen LogP contribution in [0.4, 0.5) is 0 Å². The van der Waals surface area contributed by atoms with E-state index in [1.807, 2.05) is 0 Å². The van der Waals surface area contributed by atoms with Crippen LogP contribution in [0.3, 0.4) is 0 Å². The highest BCUT2D eigenvalue weighted by Crippen LogP contribution is 2.29. The molecule has 0 spiro atoms. The maximum Gasteiger partial charge on any atom is 0.125 e. The summed E-state index contributed by atoms with van der Waals surface area (Å²) >= 11 is 0. The Balaban J connectivity index is 2.85. The van der Waals surface area contributed by atoms with E-state index >= 15 is 0 Å². The molecular formula is C16H26O4. The predicted octanol–water partition coefficient (Wildman–Crippen LogP) is 3.03. The Bertz CT molecular complexity index is 353. The van der Waals surface area contributed by atoms with Gasteiger partial charge in [0.1, 0.15) is 11.5 Å². The minimum atomic E-state index is -0.0999. The summed E-state index contributed by atoms with van der Waals surface area (Å²) in [7, 11) is 0. The van der Waals surface area contributed by atoms with E-state index in [9.17, 15) is 10.2 Å². The van der Waals surface area contributed by atoms with Crippen LogP contribution in [0.15, 0.2) is 12.1 Å². The quantitative estimate of drug-likeness (QED) is 0.648. The van der Waals surface area contributed by atoms with Crippen LogP contribution in [-0.4, -0.2) is 23.4 Å². The van der Waals surface area contributed by atoms with Crippen molar-refractivity contribution in [1.82, 2.24) is 0 Å². The third-order valence-electron chi connectivity index (χ3n) is 3.10. The number of rotatable bonds is 10. The first-order valence-electron chi connectivity index (χ1n) is 7.39. The van der Waals surface area contributed by atoms with E-state index in [0.29, 0.717) is 35.8 Å². The number of ether oxygens (including phenoxy) is 2. The molecule has 0 aliphatic rings. The monoisotopic (exact) mass is 282 g/mol. The van der Waals surface area contributed by atoms with Gasteiger partial charge in [-0.25, -0.2) is 0 Å². The molecule has 0 radical (unpaired) electrons. The second-order valence-corrected chi connectivity index (χ2v) is 4.79. The second kappa shape index (κ2) is 9.61. The average Bonchev–Trinajstić information content (AvgIpc) is 2.48. The second-order valence-electron chi connectivity index (χ2n) is 4.79. The fourth-order valence-electron chi connectivity index (χ4n) is 1.81. The summed E-state index contributed by atoms with van der Waals surface area (Å²) in [4.78, 5) is 0. The van der Waals surface area contributed by atoms with E-state index in [0.717, 1.165) is 25.7 Å². The number of aliphatic hydroxyl groups is 2. The van der Waals surface area contributed by atoms with Gasteiger partial charge in [-0.15, -0.1) is 0 Å². The van der Waals surface area contributed by atoms with Gasteiger partial charge in [-0.3, -0.25) is 0 Å². The Hall–Kier alpha value is -1.26. The van der Waals surface area contributed by atoms with Crippen LogP contribution in [0.5, 0.6) is 11.5 Å². The van der Waals surface area contributed by atoms with Gasteiger partial charge in [-0.1, -0.05) is 26.7 Å². The lowest BCUT2D eigenvalue weighted by atomic mass is 10.1. The van der Waals surface area contributed by atoms with E-state index in [1.165, 1.54) is 0 Å². The van der Waals surface area contributed by atoms with Crippen molar-refractivity contribution >= 4 is 0 Å². The minimum Gasteiger partial charge on any atom is -0.493 e. The molecule has 4 heteroatoms. The summed E-state index contributed by atoms with van der Waals surface area (Å²) < 4.78 is 11.3. The molecule has 0 aliphatic heterocycles. The molecule has 0 saturated carbocycles. The van der Waals surface area contributed by atoms with Crippen LogP contribution in [0, 0.1) is 0 Å². The van der Waals surface area contributed by atoms with Crippen molar-refractivity contribution in [2.75, 3.05) is 13.2 Å². The summed E-state index contributed by atoms with van der Waals surface area (Å²) in [6.07, 6.45) is 4.04. The fraction of sp³-hybridized carbons (Fsp3) is 0.625. The zero-order valence-electron chi connectivity index (χ0n) is 12.5. The van der Waals surface area contributed by atoms with Crippen LogP contribution >= 0.6 is 0 Å². The fourth-order valence-corrected chi connectivity index (χ4v) is 1.81. The maximum absolute atomic E-state index is 9.44. The summed E-state index contributed by atoms with van der Waals surface area (Å²) in [5.74, 6) is 1.26. The topological polar surface area (TPSA) is 58.9 Å². The molecule has 4 nitrogen and oxygen atoms in total. The van der Waals surface area contributed by atoms with Crippen molar-refractivity contribution in [2.45, 2.75) is 52.7 Å². The van der Waals surface area contributed by atoms with Gasteiger partial charge in [0.2, 0.25) is 0 Å². The molecule has 1 aromatic rings. The van der Waals surface area contributed by atoms with Crippen molar-refractivity contribution < 1.29 is 19.7 Å². The Morgan fingerprint density at radius 1 is 0.800 bits per heavy atom. The standard InChI is InChI=1S/C16H26O4/c1-3-5-7-19-15-9-14(12-18)16(10-13(15)11-17)20-8-6-4-2/h9-10,17-18H,3-8,11-12H2,1-2H3. The normalized spacial score (nSPS) is 10.6. The molecule has 0 fully saturated rings. The predicted molar refractivity (Wildman–Crippen MR) is 79.1 cm³/mol. The first-order valence-corrected chi connectivity index (χ1v) is 7.39. The van der Waals surface area contributed by atoms with E-state index in [-0.39, 0.29) is 13.2 Å². The molecule has 0 aromatic heterocycles. The lowest BCUT2D eigenvalue weighted by Crippen LogP contribution is -2.05. The van der Waals surface area contributed by atoms with Crippen LogP contribution in [0.25, 0.3) is 0 Å². The van der Waals surface area contributed by atoms with E-state index < -0.39 is 0 Å². The first-order chi connectivity index (χ1) is 9.76. The van der Waals surface area contributed by atoms with Gasteiger partial charge < -0.3 is 19.7 Å². The van der Waals surface area contributed by atoms with Crippen LogP contribution in [0.2, 0.25) is 0 Å². The van der Waals surface area contributed by atoms with Crippen LogP contribution < -0.4 is 9.47 Å². The largest absolute Gasteiger partial charge is 0.493 e. The number of hydrogen-bond donors (Lipinski definition) is 2. The number of hydrogen-bond acceptors (Lipinski definition) is 4.